The van der Waals surface area contributed by atoms with E-state index in [0.29, 0.717) is 12.0 Å². The first-order chi connectivity index (χ1) is 9.68. The van der Waals surface area contributed by atoms with Gasteiger partial charge in [-0.15, -0.1) is 0 Å². The fraction of sp³-hybridized carbons (Fsp3) is 0.0769. The van der Waals surface area contributed by atoms with E-state index in [1.165, 1.54) is 12.1 Å². The van der Waals surface area contributed by atoms with Crippen LogP contribution in [0.25, 0.3) is 0 Å². The second kappa shape index (κ2) is 5.57. The van der Waals surface area contributed by atoms with E-state index in [-0.39, 0.29) is 0 Å². The third-order valence-corrected chi connectivity index (χ3v) is 4.92. The predicted molar refractivity (Wildman–Crippen MR) is 78.4 cm³/mol. The number of hydrogen-bond acceptors (Lipinski definition) is 4. The summed E-state index contributed by atoms with van der Waals surface area (Å²) in [5.74, 6) is 0. The summed E-state index contributed by atoms with van der Waals surface area (Å²) in [4.78, 5) is -0.986. The third kappa shape index (κ3) is 3.88. The van der Waals surface area contributed by atoms with Crippen molar-refractivity contribution in [3.63, 3.8) is 0 Å². The lowest BCUT2D eigenvalue weighted by Gasteiger charge is -2.09. The van der Waals surface area contributed by atoms with E-state index in [0.717, 1.165) is 11.6 Å². The molecule has 112 valence electrons. The molecule has 0 unspecified atom stereocenters. The highest BCUT2D eigenvalue weighted by Crippen LogP contribution is 2.22. The molecule has 0 spiro atoms. The molecule has 0 aromatic heterocycles. The average molecular weight is 326 g/mol. The van der Waals surface area contributed by atoms with Gasteiger partial charge in [0.1, 0.15) is 9.79 Å². The molecule has 6 nitrogen and oxygen atoms in total. The van der Waals surface area contributed by atoms with Crippen molar-refractivity contribution in [2.24, 2.45) is 10.3 Å². The fourth-order valence-electron chi connectivity index (χ4n) is 1.95. The first-order valence-corrected chi connectivity index (χ1v) is 8.99. The molecule has 21 heavy (non-hydrogen) atoms. The zero-order valence-electron chi connectivity index (χ0n) is 10.9. The molecule has 8 heteroatoms. The van der Waals surface area contributed by atoms with Gasteiger partial charge in [-0.05, 0) is 29.7 Å². The van der Waals surface area contributed by atoms with E-state index >= 15 is 0 Å². The van der Waals surface area contributed by atoms with Gasteiger partial charge < -0.3 is 0 Å². The molecular weight excluding hydrogens is 312 g/mol. The molecule has 0 heterocycles. The SMILES string of the molecule is NS(=O)(=O)c1ccc(Cc2ccccc2)cc1S(N)(=O)=O. The smallest absolute Gasteiger partial charge is 0.225 e. The van der Waals surface area contributed by atoms with Crippen molar-refractivity contribution < 1.29 is 16.8 Å². The van der Waals surface area contributed by atoms with Gasteiger partial charge in [0.05, 0.1) is 0 Å². The summed E-state index contributed by atoms with van der Waals surface area (Å²) in [6.07, 6.45) is 0.453. The summed E-state index contributed by atoms with van der Waals surface area (Å²) in [5, 5.41) is 10.1. The molecule has 0 amide bonds. The van der Waals surface area contributed by atoms with Gasteiger partial charge in [-0.1, -0.05) is 36.4 Å². The van der Waals surface area contributed by atoms with Crippen molar-refractivity contribution in [1.82, 2.24) is 0 Å². The van der Waals surface area contributed by atoms with Crippen molar-refractivity contribution in [3.05, 3.63) is 59.7 Å². The highest BCUT2D eigenvalue weighted by molar-refractivity contribution is 7.92. The van der Waals surface area contributed by atoms with E-state index < -0.39 is 29.8 Å². The van der Waals surface area contributed by atoms with Gasteiger partial charge in [-0.25, -0.2) is 27.1 Å². The van der Waals surface area contributed by atoms with Crippen LogP contribution in [0.2, 0.25) is 0 Å². The molecule has 0 aliphatic heterocycles. The summed E-state index contributed by atoms with van der Waals surface area (Å²) >= 11 is 0. The number of benzene rings is 2. The van der Waals surface area contributed by atoms with Crippen LogP contribution in [0.15, 0.2) is 58.3 Å². The summed E-state index contributed by atoms with van der Waals surface area (Å²) in [7, 11) is -8.36. The number of primary sulfonamides is 2. The number of sulfonamides is 2. The predicted octanol–water partition coefficient (Wildman–Crippen LogP) is 0.572. The fourth-order valence-corrected chi connectivity index (χ4v) is 3.91. The summed E-state index contributed by atoms with van der Waals surface area (Å²) in [6, 6.07) is 13.2. The van der Waals surface area contributed by atoms with Crippen LogP contribution in [0.5, 0.6) is 0 Å². The van der Waals surface area contributed by atoms with Crippen LogP contribution in [0.4, 0.5) is 0 Å². The van der Waals surface area contributed by atoms with Crippen LogP contribution in [-0.2, 0) is 26.5 Å². The lowest BCUT2D eigenvalue weighted by molar-refractivity contribution is 0.584. The first-order valence-electron chi connectivity index (χ1n) is 5.90. The summed E-state index contributed by atoms with van der Waals surface area (Å²) in [5.41, 5.74) is 1.58. The van der Waals surface area contributed by atoms with Crippen LogP contribution >= 0.6 is 0 Å². The van der Waals surface area contributed by atoms with E-state index in [4.69, 9.17) is 10.3 Å². The average Bonchev–Trinajstić information content (AvgIpc) is 2.37. The van der Waals surface area contributed by atoms with Gasteiger partial charge in [0.2, 0.25) is 20.0 Å². The maximum atomic E-state index is 11.6. The van der Waals surface area contributed by atoms with Gasteiger partial charge in [0.25, 0.3) is 0 Å². The van der Waals surface area contributed by atoms with Crippen LogP contribution in [-0.4, -0.2) is 16.8 Å². The van der Waals surface area contributed by atoms with Gasteiger partial charge >= 0.3 is 0 Å². The standard InChI is InChI=1S/C13H14N2O4S2/c14-20(16,17)12-7-6-11(9-13(12)21(15,18)19)8-10-4-2-1-3-5-10/h1-7,9H,8H2,(H2,14,16,17)(H2,15,18,19). The normalized spacial score (nSPS) is 12.3. The lowest BCUT2D eigenvalue weighted by atomic mass is 10.1. The molecule has 0 radical (unpaired) electrons. The summed E-state index contributed by atoms with van der Waals surface area (Å²) in [6.45, 7) is 0. The minimum absolute atomic E-state index is 0.453. The Kier molecular flexibility index (Phi) is 4.15. The zero-order chi connectivity index (χ0) is 15.7. The maximum absolute atomic E-state index is 11.6. The Morgan fingerprint density at radius 1 is 0.714 bits per heavy atom. The van der Waals surface area contributed by atoms with E-state index in [2.05, 4.69) is 0 Å². The second-order valence-corrected chi connectivity index (χ2v) is 7.59. The third-order valence-electron chi connectivity index (χ3n) is 2.87. The first kappa shape index (κ1) is 15.6. The van der Waals surface area contributed by atoms with Crippen molar-refractivity contribution >= 4 is 20.0 Å². The molecule has 4 N–H and O–H groups in total. The Bertz CT molecular complexity index is 860. The van der Waals surface area contributed by atoms with Gasteiger partial charge in [0.15, 0.2) is 0 Å². The summed E-state index contributed by atoms with van der Waals surface area (Å²) < 4.78 is 46.0. The zero-order valence-corrected chi connectivity index (χ0v) is 12.6. The molecule has 0 saturated carbocycles. The van der Waals surface area contributed by atoms with E-state index in [1.54, 1.807) is 0 Å². The molecular formula is C13H14N2O4S2. The quantitative estimate of drug-likeness (QED) is 0.853. The van der Waals surface area contributed by atoms with Crippen LogP contribution in [0, 0.1) is 0 Å². The monoisotopic (exact) mass is 326 g/mol. The second-order valence-electron chi connectivity index (χ2n) is 4.53. The van der Waals surface area contributed by atoms with Crippen molar-refractivity contribution in [3.8, 4) is 0 Å². The van der Waals surface area contributed by atoms with Crippen LogP contribution < -0.4 is 10.3 Å². The van der Waals surface area contributed by atoms with Crippen LogP contribution in [0.3, 0.4) is 0 Å². The largest absolute Gasteiger partial charge is 0.239 e. The van der Waals surface area contributed by atoms with Crippen molar-refractivity contribution in [1.29, 1.82) is 0 Å². The van der Waals surface area contributed by atoms with Crippen molar-refractivity contribution in [2.45, 2.75) is 16.2 Å². The Labute approximate surface area is 123 Å². The topological polar surface area (TPSA) is 120 Å². The number of hydrogen-bond donors (Lipinski definition) is 2. The van der Waals surface area contributed by atoms with Crippen molar-refractivity contribution in [2.75, 3.05) is 0 Å². The molecule has 0 aliphatic carbocycles. The lowest BCUT2D eigenvalue weighted by Crippen LogP contribution is -2.21. The van der Waals surface area contributed by atoms with Gasteiger partial charge in [-0.2, -0.15) is 0 Å². The molecule has 0 fully saturated rings. The molecule has 0 bridgehead atoms. The van der Waals surface area contributed by atoms with E-state index in [9.17, 15) is 16.8 Å². The Hall–Kier alpha value is -1.74. The minimum atomic E-state index is -4.19. The van der Waals surface area contributed by atoms with Gasteiger partial charge in [-0.3, -0.25) is 0 Å². The molecule has 0 atom stereocenters. The molecule has 0 aliphatic rings. The molecule has 0 saturated heterocycles. The highest BCUT2D eigenvalue weighted by Gasteiger charge is 2.22. The molecule has 2 aromatic rings. The number of nitrogens with two attached hydrogens (primary N) is 2. The maximum Gasteiger partial charge on any atom is 0.239 e. The van der Waals surface area contributed by atoms with Gasteiger partial charge in [0, 0.05) is 0 Å². The Morgan fingerprint density at radius 2 is 1.29 bits per heavy atom. The molecule has 2 aromatic carbocycles. The highest BCUT2D eigenvalue weighted by atomic mass is 32.2. The minimum Gasteiger partial charge on any atom is -0.225 e. The number of rotatable bonds is 4. The molecule has 2 rings (SSSR count). The Balaban J connectivity index is 2.53. The van der Waals surface area contributed by atoms with E-state index in [1.807, 2.05) is 30.3 Å². The Morgan fingerprint density at radius 3 is 1.81 bits per heavy atom. The van der Waals surface area contributed by atoms with Crippen LogP contribution in [0.1, 0.15) is 11.1 Å².